The van der Waals surface area contributed by atoms with Crippen molar-refractivity contribution in [2.75, 3.05) is 0 Å². The summed E-state index contributed by atoms with van der Waals surface area (Å²) in [5.74, 6) is 8.26. The first-order valence-electron chi connectivity index (χ1n) is 18.4. The molecule has 3 aromatic heterocycles. The molecule has 5 aromatic carbocycles. The monoisotopic (exact) mass is 952 g/mol. The molecular weight excluding hydrogens is 908 g/mol. The molecule has 0 atom stereocenters. The second-order valence-electron chi connectivity index (χ2n) is 14.9. The number of benzene rings is 5. The molecule has 0 saturated carbocycles. The molecule has 0 saturated heterocycles. The van der Waals surface area contributed by atoms with Crippen molar-refractivity contribution in [1.29, 1.82) is 5.26 Å². The van der Waals surface area contributed by atoms with Gasteiger partial charge in [0.15, 0.2) is 0 Å². The Morgan fingerprint density at radius 1 is 0.889 bits per heavy atom. The van der Waals surface area contributed by atoms with Crippen LogP contribution in [0.3, 0.4) is 0 Å². The van der Waals surface area contributed by atoms with Crippen molar-refractivity contribution in [2.45, 2.75) is 56.8 Å². The maximum atomic E-state index is 13.5. The van der Waals surface area contributed by atoms with Crippen LogP contribution in [-0.2, 0) is 20.1 Å². The molecule has 0 fully saturated rings. The zero-order valence-corrected chi connectivity index (χ0v) is 35.9. The standard InChI is InChI=1S/C25H24FN2.C21H17GeN2O.Ir/c1-16(2)20-8-7-9-21(17(3)4)24(20)28-23-11-6-5-10-22(23)27-25(28)18-12-14-19(26)15-13-18;1-22(2,3)15-9-10-24-19(12-15)18-6-4-5-17-16-8-7-14(13-23)11-20(16)25-21(17)18;/h5-12,14-17H,1-4H3;4-5,7-12H,1-3H3;/q2*-1;/i;11D;. The minimum atomic E-state index is -1.99. The van der Waals surface area contributed by atoms with E-state index in [9.17, 15) is 4.39 Å². The normalized spacial score (nSPS) is 11.8. The summed E-state index contributed by atoms with van der Waals surface area (Å²) < 4.78 is 31.4. The number of rotatable bonds is 6. The van der Waals surface area contributed by atoms with Crippen molar-refractivity contribution < 1.29 is 30.3 Å². The van der Waals surface area contributed by atoms with Gasteiger partial charge in [0.05, 0.1) is 16.9 Å². The van der Waals surface area contributed by atoms with Crippen LogP contribution in [0.5, 0.6) is 0 Å². The number of nitrogens with zero attached hydrogens (tertiary/aromatic N) is 4. The summed E-state index contributed by atoms with van der Waals surface area (Å²) in [6.07, 6.45) is 1.85. The molecule has 0 aliphatic heterocycles. The third kappa shape index (κ3) is 7.57. The summed E-state index contributed by atoms with van der Waals surface area (Å²) in [5.41, 5.74) is 9.51. The largest absolute Gasteiger partial charge is 0 e. The van der Waals surface area contributed by atoms with E-state index in [1.165, 1.54) is 33.3 Å². The Morgan fingerprint density at radius 3 is 2.30 bits per heavy atom. The van der Waals surface area contributed by atoms with Crippen LogP contribution in [0.4, 0.5) is 4.39 Å². The van der Waals surface area contributed by atoms with E-state index in [2.05, 4.69) is 103 Å². The second kappa shape index (κ2) is 15.9. The summed E-state index contributed by atoms with van der Waals surface area (Å²) in [7, 11) is 0. The Hall–Kier alpha value is -4.87. The number of imidazole rings is 1. The van der Waals surface area contributed by atoms with Gasteiger partial charge in [-0.2, -0.15) is 0 Å². The van der Waals surface area contributed by atoms with E-state index in [-0.39, 0.29) is 32.0 Å². The number of aromatic nitrogens is 3. The summed E-state index contributed by atoms with van der Waals surface area (Å²) in [6, 6.07) is 39.3. The first-order chi connectivity index (χ1) is 25.9. The Labute approximate surface area is 334 Å². The molecule has 8 rings (SSSR count). The van der Waals surface area contributed by atoms with Gasteiger partial charge < -0.3 is 4.57 Å². The van der Waals surface area contributed by atoms with E-state index in [1.807, 2.05) is 48.7 Å². The zero-order chi connectivity index (χ0) is 38.3. The first-order valence-corrected chi connectivity index (χ1v) is 25.2. The number of halogens is 1. The van der Waals surface area contributed by atoms with Crippen molar-refractivity contribution in [3.8, 4) is 34.4 Å². The van der Waals surface area contributed by atoms with Crippen molar-refractivity contribution in [1.82, 2.24) is 14.5 Å². The molecule has 0 bridgehead atoms. The first kappa shape index (κ1) is 37.4. The zero-order valence-electron chi connectivity index (χ0n) is 32.4. The molecule has 0 aliphatic rings. The fourth-order valence-electron chi connectivity index (χ4n) is 6.71. The molecule has 0 spiro atoms. The molecule has 5 nitrogen and oxygen atoms in total. The molecule has 0 unspecified atom stereocenters. The Morgan fingerprint density at radius 2 is 1.63 bits per heavy atom. The maximum Gasteiger partial charge on any atom is 0 e. The molecular formula is C46H41FGeIrN4O-2. The number of hydrogen-bond donors (Lipinski definition) is 0. The van der Waals surface area contributed by atoms with Crippen LogP contribution in [-0.4, -0.2) is 27.8 Å². The van der Waals surface area contributed by atoms with Crippen LogP contribution in [0.25, 0.3) is 61.3 Å². The van der Waals surface area contributed by atoms with Crippen molar-refractivity contribution in [3.05, 3.63) is 144 Å². The SMILES string of the molecule is CC(C)c1cccc(C(C)C)c1-n1c(-c2[c-]cc(F)cc2)nc2ccccc21.[2H]c1c(C#N)ccc2c1oc1c(-c3c[c]([Ge]([CH3])([CH3])[CH3])ccn3)[c-]ccc12.[Ir]. The molecule has 8 heteroatoms. The van der Waals surface area contributed by atoms with Gasteiger partial charge in [0.2, 0.25) is 0 Å². The van der Waals surface area contributed by atoms with Crippen LogP contribution in [0, 0.1) is 29.3 Å². The van der Waals surface area contributed by atoms with Crippen LogP contribution < -0.4 is 4.40 Å². The van der Waals surface area contributed by atoms with Crippen molar-refractivity contribution in [3.63, 3.8) is 0 Å². The molecule has 0 aliphatic carbocycles. The number of furan rings is 1. The quantitative estimate of drug-likeness (QED) is 0.123. The summed E-state index contributed by atoms with van der Waals surface area (Å²) in [5, 5.41) is 10.9. The van der Waals surface area contributed by atoms with E-state index in [4.69, 9.17) is 16.0 Å². The van der Waals surface area contributed by atoms with E-state index >= 15 is 0 Å². The van der Waals surface area contributed by atoms with Gasteiger partial charge in [-0.05, 0) is 35.1 Å². The summed E-state index contributed by atoms with van der Waals surface area (Å²) in [4.78, 5) is 9.44. The number of nitriles is 1. The smallest absolute Gasteiger partial charge is 0 e. The van der Waals surface area contributed by atoms with Gasteiger partial charge in [0.25, 0.3) is 0 Å². The van der Waals surface area contributed by atoms with Gasteiger partial charge in [0, 0.05) is 31.6 Å². The average molecular weight is 951 g/mol. The summed E-state index contributed by atoms with van der Waals surface area (Å²) in [6.45, 7) is 8.86. The topological polar surface area (TPSA) is 67.6 Å². The van der Waals surface area contributed by atoms with Crippen LogP contribution in [0.15, 0.2) is 114 Å². The molecule has 3 heterocycles. The van der Waals surface area contributed by atoms with Gasteiger partial charge in [-0.15, -0.1) is 29.8 Å². The minimum Gasteiger partial charge on any atom is 0 e. The predicted molar refractivity (Wildman–Crippen MR) is 217 cm³/mol. The van der Waals surface area contributed by atoms with Gasteiger partial charge in [-0.3, -0.25) is 9.37 Å². The molecule has 54 heavy (non-hydrogen) atoms. The van der Waals surface area contributed by atoms with E-state index < -0.39 is 13.3 Å². The summed E-state index contributed by atoms with van der Waals surface area (Å²) >= 11 is -1.99. The van der Waals surface area contributed by atoms with Crippen LogP contribution >= 0.6 is 0 Å². The third-order valence-corrected chi connectivity index (χ3v) is 13.8. The predicted octanol–water partition coefficient (Wildman–Crippen LogP) is 11.7. The third-order valence-electron chi connectivity index (χ3n) is 9.50. The molecule has 273 valence electrons. The number of fused-ring (bicyclic) bond motifs is 4. The van der Waals surface area contributed by atoms with Gasteiger partial charge in [-0.25, -0.2) is 0 Å². The van der Waals surface area contributed by atoms with E-state index in [0.717, 1.165) is 44.5 Å². The number of pyridine rings is 1. The van der Waals surface area contributed by atoms with Crippen molar-refractivity contribution in [2.24, 2.45) is 0 Å². The maximum absolute atomic E-state index is 13.5. The van der Waals surface area contributed by atoms with Crippen molar-refractivity contribution >= 4 is 50.6 Å². The number of hydrogen-bond acceptors (Lipinski definition) is 4. The van der Waals surface area contributed by atoms with Crippen LogP contribution in [0.2, 0.25) is 17.3 Å². The minimum absolute atomic E-state index is 0. The fourth-order valence-corrected chi connectivity index (χ4v) is 9.11. The molecule has 8 aromatic rings. The van der Waals surface area contributed by atoms with Gasteiger partial charge >= 0.3 is 150 Å². The Kier molecular flexibility index (Phi) is 11.0. The van der Waals surface area contributed by atoms with Crippen LogP contribution in [0.1, 0.15) is 57.6 Å². The van der Waals surface area contributed by atoms with Gasteiger partial charge in [0.1, 0.15) is 0 Å². The fraction of sp³-hybridized carbons (Fsp3) is 0.196. The number of para-hydroxylation sites is 3. The Bertz CT molecular complexity index is 2680. The molecule has 0 amide bonds. The second-order valence-corrected chi connectivity index (χ2v) is 25.5. The van der Waals surface area contributed by atoms with E-state index in [0.29, 0.717) is 28.6 Å². The van der Waals surface area contributed by atoms with Gasteiger partial charge in [-0.1, -0.05) is 58.0 Å². The molecule has 0 N–H and O–H groups in total. The molecule has 1 radical (unpaired) electrons. The van der Waals surface area contributed by atoms with E-state index in [1.54, 1.807) is 12.1 Å². The average Bonchev–Trinajstić information content (AvgIpc) is 3.74. The Balaban J connectivity index is 0.000000184.